The SMILES string of the molecule is CN(C)[C@H]1CCCC[C@H]1Oc1ccc(Cc2c(-c3ccc(OCCN4CCCC4)cc3)sc3cc(O)ccc23)cc1. The lowest BCUT2D eigenvalue weighted by Crippen LogP contribution is -2.44. The molecule has 216 valence electrons. The second-order valence-corrected chi connectivity index (χ2v) is 12.9. The average Bonchev–Trinajstić information content (AvgIpc) is 3.62. The van der Waals surface area contributed by atoms with E-state index in [0.29, 0.717) is 11.8 Å². The van der Waals surface area contributed by atoms with E-state index in [0.717, 1.165) is 42.2 Å². The monoisotopic (exact) mass is 570 g/mol. The number of likely N-dealkylation sites (tertiary alicyclic amines) is 1. The summed E-state index contributed by atoms with van der Waals surface area (Å²) in [6.07, 6.45) is 8.51. The van der Waals surface area contributed by atoms with E-state index in [1.807, 2.05) is 6.07 Å². The van der Waals surface area contributed by atoms with Gasteiger partial charge in [0.15, 0.2) is 0 Å². The Morgan fingerprint density at radius 3 is 2.37 bits per heavy atom. The Bertz CT molecular complexity index is 1420. The maximum atomic E-state index is 10.2. The number of hydrogen-bond donors (Lipinski definition) is 1. The van der Waals surface area contributed by atoms with E-state index in [-0.39, 0.29) is 6.10 Å². The van der Waals surface area contributed by atoms with Crippen LogP contribution in [-0.2, 0) is 6.42 Å². The quantitative estimate of drug-likeness (QED) is 0.213. The molecule has 0 spiro atoms. The molecule has 2 fully saturated rings. The maximum Gasteiger partial charge on any atom is 0.119 e. The first-order valence-electron chi connectivity index (χ1n) is 15.2. The highest BCUT2D eigenvalue weighted by Gasteiger charge is 2.28. The normalized spacial score (nSPS) is 19.7. The summed E-state index contributed by atoms with van der Waals surface area (Å²) >= 11 is 1.74. The fourth-order valence-corrected chi connectivity index (χ4v) is 7.68. The van der Waals surface area contributed by atoms with Crippen LogP contribution in [-0.4, -0.2) is 67.4 Å². The molecular formula is C35H42N2O3S. The summed E-state index contributed by atoms with van der Waals surface area (Å²) in [4.78, 5) is 6.03. The van der Waals surface area contributed by atoms with Gasteiger partial charge in [0.1, 0.15) is 30.0 Å². The van der Waals surface area contributed by atoms with Crippen LogP contribution in [0.2, 0.25) is 0 Å². The lowest BCUT2D eigenvalue weighted by molar-refractivity contribution is 0.0622. The van der Waals surface area contributed by atoms with E-state index in [4.69, 9.17) is 9.47 Å². The van der Waals surface area contributed by atoms with Gasteiger partial charge in [0.2, 0.25) is 0 Å². The summed E-state index contributed by atoms with van der Waals surface area (Å²) < 4.78 is 13.6. The summed E-state index contributed by atoms with van der Waals surface area (Å²) in [7, 11) is 4.32. The van der Waals surface area contributed by atoms with E-state index >= 15 is 0 Å². The van der Waals surface area contributed by atoms with Crippen molar-refractivity contribution in [3.05, 3.63) is 77.9 Å². The highest BCUT2D eigenvalue weighted by molar-refractivity contribution is 7.22. The van der Waals surface area contributed by atoms with Crippen LogP contribution >= 0.6 is 11.3 Å². The molecule has 5 nitrogen and oxygen atoms in total. The predicted octanol–water partition coefficient (Wildman–Crippen LogP) is 7.59. The van der Waals surface area contributed by atoms with Gasteiger partial charge in [-0.2, -0.15) is 0 Å². The van der Waals surface area contributed by atoms with Crippen LogP contribution in [0.15, 0.2) is 66.7 Å². The third-order valence-corrected chi connectivity index (χ3v) is 9.93. The fraction of sp³-hybridized carbons (Fsp3) is 0.429. The van der Waals surface area contributed by atoms with E-state index < -0.39 is 0 Å². The van der Waals surface area contributed by atoms with Crippen molar-refractivity contribution in [2.24, 2.45) is 0 Å². The van der Waals surface area contributed by atoms with Gasteiger partial charge in [0.25, 0.3) is 0 Å². The highest BCUT2D eigenvalue weighted by atomic mass is 32.1. The van der Waals surface area contributed by atoms with E-state index in [1.165, 1.54) is 72.1 Å². The molecule has 6 rings (SSSR count). The van der Waals surface area contributed by atoms with Crippen LogP contribution in [0.4, 0.5) is 0 Å². The van der Waals surface area contributed by atoms with Crippen LogP contribution in [0.5, 0.6) is 17.2 Å². The lowest BCUT2D eigenvalue weighted by atomic mass is 9.91. The Kier molecular flexibility index (Phi) is 8.80. The van der Waals surface area contributed by atoms with Crippen LogP contribution in [0.3, 0.4) is 0 Å². The number of hydrogen-bond acceptors (Lipinski definition) is 6. The highest BCUT2D eigenvalue weighted by Crippen LogP contribution is 2.41. The molecule has 0 unspecified atom stereocenters. The number of thiophene rings is 1. The van der Waals surface area contributed by atoms with Gasteiger partial charge in [0, 0.05) is 22.2 Å². The van der Waals surface area contributed by atoms with Gasteiger partial charge in [-0.05, 0) is 142 Å². The van der Waals surface area contributed by atoms with Crippen molar-refractivity contribution in [3.63, 3.8) is 0 Å². The van der Waals surface area contributed by atoms with E-state index in [2.05, 4.69) is 78.5 Å². The first-order chi connectivity index (χ1) is 20.0. The molecule has 1 N–H and O–H groups in total. The van der Waals surface area contributed by atoms with Gasteiger partial charge in [-0.1, -0.05) is 18.6 Å². The zero-order valence-electron chi connectivity index (χ0n) is 24.4. The molecular weight excluding hydrogens is 528 g/mol. The molecule has 1 aliphatic heterocycles. The Balaban J connectivity index is 1.19. The summed E-state index contributed by atoms with van der Waals surface area (Å²) in [5, 5.41) is 11.4. The van der Waals surface area contributed by atoms with Crippen molar-refractivity contribution in [1.29, 1.82) is 0 Å². The molecule has 2 atom stereocenters. The molecule has 3 aromatic carbocycles. The predicted molar refractivity (Wildman–Crippen MR) is 170 cm³/mol. The molecule has 4 aromatic rings. The third kappa shape index (κ3) is 6.72. The van der Waals surface area contributed by atoms with Crippen LogP contribution in [0.1, 0.15) is 49.7 Å². The minimum Gasteiger partial charge on any atom is -0.508 e. The smallest absolute Gasteiger partial charge is 0.119 e. The molecule has 1 saturated heterocycles. The Morgan fingerprint density at radius 2 is 1.61 bits per heavy atom. The third-order valence-electron chi connectivity index (χ3n) is 8.69. The fourth-order valence-electron chi connectivity index (χ4n) is 6.42. The molecule has 0 radical (unpaired) electrons. The molecule has 1 aromatic heterocycles. The molecule has 2 heterocycles. The van der Waals surface area contributed by atoms with E-state index in [9.17, 15) is 5.11 Å². The zero-order chi connectivity index (χ0) is 28.2. The second-order valence-electron chi connectivity index (χ2n) is 11.8. The van der Waals surface area contributed by atoms with Crippen molar-refractivity contribution in [3.8, 4) is 27.7 Å². The van der Waals surface area contributed by atoms with Crippen molar-refractivity contribution < 1.29 is 14.6 Å². The standard InChI is InChI=1S/C35H42N2O3S/c1-36(2)32-7-3-4-8-33(32)40-29-14-9-25(10-15-29)23-31-30-18-13-27(38)24-34(30)41-35(31)26-11-16-28(17-12-26)39-22-21-37-19-5-6-20-37/h9-18,24,32-33,38H,3-8,19-23H2,1-2H3/t32-,33+/m0/s1. The van der Waals surface area contributed by atoms with Gasteiger partial charge >= 0.3 is 0 Å². The van der Waals surface area contributed by atoms with Crippen LogP contribution in [0.25, 0.3) is 20.5 Å². The Morgan fingerprint density at radius 1 is 0.878 bits per heavy atom. The number of benzene rings is 3. The first-order valence-corrected chi connectivity index (χ1v) is 16.0. The van der Waals surface area contributed by atoms with E-state index in [1.54, 1.807) is 17.4 Å². The second kappa shape index (κ2) is 12.8. The number of phenolic OH excluding ortho intramolecular Hbond substituents is 1. The Labute approximate surface area is 248 Å². The summed E-state index contributed by atoms with van der Waals surface area (Å²) in [6, 6.07) is 23.4. The largest absolute Gasteiger partial charge is 0.508 e. The van der Waals surface area contributed by atoms with Crippen molar-refractivity contribution in [2.45, 2.75) is 57.1 Å². The minimum atomic E-state index is 0.247. The van der Waals surface area contributed by atoms with Gasteiger partial charge in [-0.15, -0.1) is 11.3 Å². The number of ether oxygens (including phenoxy) is 2. The van der Waals surface area contributed by atoms with Gasteiger partial charge < -0.3 is 19.5 Å². The number of fused-ring (bicyclic) bond motifs is 1. The number of likely N-dealkylation sites (N-methyl/N-ethyl adjacent to an activating group) is 1. The van der Waals surface area contributed by atoms with Gasteiger partial charge in [-0.25, -0.2) is 0 Å². The number of aromatic hydroxyl groups is 1. The molecule has 41 heavy (non-hydrogen) atoms. The van der Waals surface area contributed by atoms with Gasteiger partial charge in [0.05, 0.1) is 0 Å². The summed E-state index contributed by atoms with van der Waals surface area (Å²) in [5.74, 6) is 2.17. The van der Waals surface area contributed by atoms with Gasteiger partial charge in [-0.3, -0.25) is 4.90 Å². The summed E-state index contributed by atoms with van der Waals surface area (Å²) in [6.45, 7) is 4.11. The first kappa shape index (κ1) is 28.1. The van der Waals surface area contributed by atoms with Crippen LogP contribution in [0, 0.1) is 0 Å². The maximum absolute atomic E-state index is 10.2. The number of phenols is 1. The molecule has 6 heteroatoms. The average molecular weight is 571 g/mol. The minimum absolute atomic E-state index is 0.247. The molecule has 1 saturated carbocycles. The van der Waals surface area contributed by atoms with Crippen molar-refractivity contribution in [2.75, 3.05) is 40.3 Å². The number of rotatable bonds is 10. The van der Waals surface area contributed by atoms with Crippen molar-refractivity contribution in [1.82, 2.24) is 9.80 Å². The topological polar surface area (TPSA) is 45.2 Å². The molecule has 2 aliphatic rings. The number of nitrogens with zero attached hydrogens (tertiary/aromatic N) is 2. The molecule has 0 amide bonds. The van der Waals surface area contributed by atoms with Crippen LogP contribution < -0.4 is 9.47 Å². The van der Waals surface area contributed by atoms with Crippen molar-refractivity contribution >= 4 is 21.4 Å². The molecule has 1 aliphatic carbocycles. The zero-order valence-corrected chi connectivity index (χ0v) is 25.2. The molecule has 0 bridgehead atoms. The lowest BCUT2D eigenvalue weighted by Gasteiger charge is -2.36. The Hall–Kier alpha value is -3.06. The summed E-state index contributed by atoms with van der Waals surface area (Å²) in [5.41, 5.74) is 3.72.